The average molecular weight is 451 g/mol. The van der Waals surface area contributed by atoms with Gasteiger partial charge in [0.05, 0.1) is 18.7 Å². The first-order valence-corrected chi connectivity index (χ1v) is 11.9. The minimum atomic E-state index is -0.00389. The quantitative estimate of drug-likeness (QED) is 0.571. The maximum absolute atomic E-state index is 13.0. The molecule has 1 aliphatic heterocycles. The number of hydrogen-bond acceptors (Lipinski definition) is 4. The summed E-state index contributed by atoms with van der Waals surface area (Å²) in [6.45, 7) is 6.83. The minimum Gasteiger partial charge on any atom is -0.349 e. The number of rotatable bonds is 7. The summed E-state index contributed by atoms with van der Waals surface area (Å²) in [4.78, 5) is 28.7. The summed E-state index contributed by atoms with van der Waals surface area (Å²) in [5, 5.41) is 8.22. The Hall–Kier alpha value is -2.90. The van der Waals surface area contributed by atoms with Crippen molar-refractivity contribution in [2.45, 2.75) is 39.3 Å². The molecule has 2 amide bonds. The van der Waals surface area contributed by atoms with Crippen LogP contribution in [0.5, 0.6) is 0 Å². The predicted molar refractivity (Wildman–Crippen MR) is 129 cm³/mol. The van der Waals surface area contributed by atoms with Crippen molar-refractivity contribution in [1.82, 2.24) is 14.8 Å². The van der Waals surface area contributed by atoms with E-state index in [4.69, 9.17) is 0 Å². The van der Waals surface area contributed by atoms with Gasteiger partial charge in [-0.15, -0.1) is 11.3 Å². The van der Waals surface area contributed by atoms with Gasteiger partial charge in [0.25, 0.3) is 5.91 Å². The van der Waals surface area contributed by atoms with Crippen molar-refractivity contribution in [3.63, 3.8) is 0 Å². The van der Waals surface area contributed by atoms with Crippen LogP contribution in [-0.4, -0.2) is 47.0 Å². The molecule has 1 saturated heterocycles. The molecule has 6 nitrogen and oxygen atoms in total. The Morgan fingerprint density at radius 3 is 2.50 bits per heavy atom. The fourth-order valence-electron chi connectivity index (χ4n) is 4.26. The number of aromatic nitrogens is 1. The molecule has 4 rings (SSSR count). The van der Waals surface area contributed by atoms with E-state index < -0.39 is 0 Å². The van der Waals surface area contributed by atoms with Crippen LogP contribution in [0.25, 0.3) is 0 Å². The van der Waals surface area contributed by atoms with Crippen LogP contribution in [0.4, 0.5) is 5.69 Å². The van der Waals surface area contributed by atoms with Crippen LogP contribution in [0.1, 0.15) is 39.5 Å². The van der Waals surface area contributed by atoms with Gasteiger partial charge in [0.1, 0.15) is 0 Å². The number of carbonyl (C=O) groups is 2. The van der Waals surface area contributed by atoms with Gasteiger partial charge >= 0.3 is 0 Å². The number of amides is 2. The Labute approximate surface area is 193 Å². The number of nitrogens with zero attached hydrogens (tertiary/aromatic N) is 2. The number of nitrogens with one attached hydrogen (secondary N) is 2. The fraction of sp³-hybridized carbons (Fsp3) is 0.360. The van der Waals surface area contributed by atoms with Crippen molar-refractivity contribution in [1.29, 1.82) is 0 Å². The minimum absolute atomic E-state index is 0.00290. The monoisotopic (exact) mass is 450 g/mol. The molecule has 2 N–H and O–H groups in total. The van der Waals surface area contributed by atoms with Gasteiger partial charge in [-0.1, -0.05) is 24.3 Å². The zero-order valence-corrected chi connectivity index (χ0v) is 19.5. The summed E-state index contributed by atoms with van der Waals surface area (Å²) in [5.41, 5.74) is 3.67. The molecule has 0 bridgehead atoms. The van der Waals surface area contributed by atoms with Crippen LogP contribution in [-0.2, 0) is 11.3 Å². The summed E-state index contributed by atoms with van der Waals surface area (Å²) in [5.74, 6) is -0.00679. The molecule has 32 heavy (non-hydrogen) atoms. The van der Waals surface area contributed by atoms with Crippen molar-refractivity contribution in [2.75, 3.05) is 25.0 Å². The van der Waals surface area contributed by atoms with E-state index in [2.05, 4.69) is 44.5 Å². The van der Waals surface area contributed by atoms with Crippen molar-refractivity contribution in [2.24, 2.45) is 0 Å². The van der Waals surface area contributed by atoms with E-state index in [-0.39, 0.29) is 17.9 Å². The molecule has 1 aliphatic rings. The lowest BCUT2D eigenvalue weighted by atomic mass is 10.0. The van der Waals surface area contributed by atoms with Crippen LogP contribution in [0.3, 0.4) is 0 Å². The number of likely N-dealkylation sites (tertiary alicyclic amines) is 1. The van der Waals surface area contributed by atoms with Gasteiger partial charge < -0.3 is 15.2 Å². The van der Waals surface area contributed by atoms with E-state index in [0.29, 0.717) is 6.54 Å². The van der Waals surface area contributed by atoms with E-state index in [1.54, 1.807) is 11.3 Å². The number of para-hydroxylation sites is 1. The lowest BCUT2D eigenvalue weighted by Crippen LogP contribution is -2.46. The Morgan fingerprint density at radius 1 is 1.06 bits per heavy atom. The molecule has 2 aromatic heterocycles. The molecule has 0 saturated carbocycles. The van der Waals surface area contributed by atoms with Crippen LogP contribution < -0.4 is 10.6 Å². The molecular formula is C25H30N4O2S. The molecule has 0 spiro atoms. The van der Waals surface area contributed by atoms with Crippen LogP contribution in [0, 0.1) is 13.8 Å². The van der Waals surface area contributed by atoms with E-state index in [0.717, 1.165) is 55.1 Å². The molecule has 7 heteroatoms. The zero-order valence-electron chi connectivity index (χ0n) is 18.6. The second-order valence-corrected chi connectivity index (χ2v) is 9.42. The number of hydrogen-bond donors (Lipinski definition) is 2. The summed E-state index contributed by atoms with van der Waals surface area (Å²) in [6, 6.07) is 15.8. The molecule has 0 radical (unpaired) electrons. The lowest BCUT2D eigenvalue weighted by Gasteiger charge is -2.31. The summed E-state index contributed by atoms with van der Waals surface area (Å²) < 4.78 is 2.20. The second kappa shape index (κ2) is 10.1. The fourth-order valence-corrected chi connectivity index (χ4v) is 4.95. The third kappa shape index (κ3) is 5.47. The van der Waals surface area contributed by atoms with Crippen molar-refractivity contribution in [3.8, 4) is 0 Å². The maximum Gasteiger partial charge on any atom is 0.253 e. The van der Waals surface area contributed by atoms with E-state index in [1.165, 1.54) is 4.88 Å². The highest BCUT2D eigenvalue weighted by molar-refractivity contribution is 7.09. The van der Waals surface area contributed by atoms with Gasteiger partial charge in [-0.25, -0.2) is 0 Å². The predicted octanol–water partition coefficient (Wildman–Crippen LogP) is 4.05. The van der Waals surface area contributed by atoms with Gasteiger partial charge in [0, 0.05) is 41.1 Å². The zero-order chi connectivity index (χ0) is 22.5. The van der Waals surface area contributed by atoms with E-state index in [1.807, 2.05) is 43.3 Å². The Bertz CT molecular complexity index is 1050. The van der Waals surface area contributed by atoms with Gasteiger partial charge in [0.15, 0.2) is 0 Å². The first-order valence-electron chi connectivity index (χ1n) is 11.1. The van der Waals surface area contributed by atoms with Gasteiger partial charge in [-0.3, -0.25) is 14.5 Å². The summed E-state index contributed by atoms with van der Waals surface area (Å²) in [7, 11) is 0. The molecule has 0 atom stereocenters. The highest BCUT2D eigenvalue weighted by Crippen LogP contribution is 2.20. The number of thiophene rings is 1. The van der Waals surface area contributed by atoms with Gasteiger partial charge in [-0.2, -0.15) is 0 Å². The third-order valence-corrected chi connectivity index (χ3v) is 6.92. The first kappa shape index (κ1) is 22.3. The summed E-state index contributed by atoms with van der Waals surface area (Å²) in [6.07, 6.45) is 1.69. The Morgan fingerprint density at radius 2 is 1.81 bits per heavy atom. The van der Waals surface area contributed by atoms with Crippen LogP contribution >= 0.6 is 11.3 Å². The summed E-state index contributed by atoms with van der Waals surface area (Å²) >= 11 is 1.73. The normalized spacial score (nSPS) is 14.9. The Balaban J connectivity index is 1.27. The van der Waals surface area contributed by atoms with Gasteiger partial charge in [-0.05, 0) is 56.3 Å². The molecule has 0 aliphatic carbocycles. The number of carbonyl (C=O) groups excluding carboxylic acids is 2. The number of benzene rings is 1. The lowest BCUT2D eigenvalue weighted by molar-refractivity contribution is -0.117. The largest absolute Gasteiger partial charge is 0.349 e. The maximum atomic E-state index is 13.0. The molecule has 1 aromatic carbocycles. The highest BCUT2D eigenvalue weighted by atomic mass is 32.1. The Kier molecular flexibility index (Phi) is 7.07. The molecule has 3 aromatic rings. The SMILES string of the molecule is Cc1cc(C(=O)NC2CCN(CC(=O)Nc3ccccc3)CC2)c(C)n1Cc1cccs1. The topological polar surface area (TPSA) is 66.4 Å². The molecule has 0 unspecified atom stereocenters. The van der Waals surface area contributed by atoms with E-state index >= 15 is 0 Å². The van der Waals surface area contributed by atoms with Crippen molar-refractivity contribution < 1.29 is 9.59 Å². The smallest absolute Gasteiger partial charge is 0.253 e. The molecule has 1 fully saturated rings. The van der Waals surface area contributed by atoms with Crippen LogP contribution in [0.2, 0.25) is 0 Å². The van der Waals surface area contributed by atoms with Crippen LogP contribution in [0.15, 0.2) is 53.9 Å². The number of anilines is 1. The van der Waals surface area contributed by atoms with Crippen molar-refractivity contribution >= 4 is 28.8 Å². The van der Waals surface area contributed by atoms with E-state index in [9.17, 15) is 9.59 Å². The second-order valence-electron chi connectivity index (χ2n) is 8.39. The number of piperidine rings is 1. The average Bonchev–Trinajstić information content (AvgIpc) is 3.39. The highest BCUT2D eigenvalue weighted by Gasteiger charge is 2.24. The standard InChI is InChI=1S/C25H30N4O2S/c1-18-15-23(19(2)29(18)16-22-9-6-14-32-22)25(31)27-21-10-12-28(13-11-21)17-24(30)26-20-7-4-3-5-8-20/h3-9,14-15,21H,10-13,16-17H2,1-2H3,(H,26,30)(H,27,31). The third-order valence-electron chi connectivity index (χ3n) is 6.06. The molecule has 3 heterocycles. The molecular weight excluding hydrogens is 420 g/mol. The van der Waals surface area contributed by atoms with Crippen molar-refractivity contribution in [3.05, 3.63) is 75.7 Å². The van der Waals surface area contributed by atoms with Gasteiger partial charge in [0.2, 0.25) is 5.91 Å². The first-order chi connectivity index (χ1) is 15.5. The number of aryl methyl sites for hydroxylation is 1. The molecule has 168 valence electrons.